The van der Waals surface area contributed by atoms with Crippen molar-refractivity contribution in [1.29, 1.82) is 0 Å². The number of hydrogen-bond donors (Lipinski definition) is 2. The molecule has 1 aromatic rings. The molecule has 1 aliphatic rings. The van der Waals surface area contributed by atoms with Crippen molar-refractivity contribution in [3.63, 3.8) is 0 Å². The lowest BCUT2D eigenvalue weighted by Gasteiger charge is -2.38. The Labute approximate surface area is 211 Å². The van der Waals surface area contributed by atoms with E-state index in [2.05, 4.69) is 4.98 Å². The molecule has 0 saturated carbocycles. The number of imide groups is 1. The lowest BCUT2D eigenvalue weighted by atomic mass is 9.91. The minimum absolute atomic E-state index is 0.0137. The van der Waals surface area contributed by atoms with E-state index in [1.807, 2.05) is 0 Å². The number of carbonyl (C=O) groups excluding carboxylic acids is 3. The third kappa shape index (κ3) is 8.42. The van der Waals surface area contributed by atoms with Gasteiger partial charge >= 0.3 is 18.2 Å². The minimum Gasteiger partial charge on any atom is -0.466 e. The zero-order valence-corrected chi connectivity index (χ0v) is 22.0. The van der Waals surface area contributed by atoms with Crippen LogP contribution in [0.4, 0.5) is 15.3 Å². The fourth-order valence-electron chi connectivity index (χ4n) is 3.63. The third-order valence-corrected chi connectivity index (χ3v) is 5.08. The van der Waals surface area contributed by atoms with Crippen LogP contribution in [0, 0.1) is 0 Å². The predicted octanol–water partition coefficient (Wildman–Crippen LogP) is 3.65. The Hall–Kier alpha value is -2.76. The SMILES string of the molecule is CCOC(=O)CCC1OC(c2ccncc2N(C(=O)OC(C)(C)C)C(=O)OC(C)(C)C)CC(O)C1O. The number of aromatic nitrogens is 1. The number of esters is 1. The van der Waals surface area contributed by atoms with Gasteiger partial charge in [0.1, 0.15) is 17.3 Å². The van der Waals surface area contributed by atoms with Gasteiger partial charge in [-0.25, -0.2) is 9.59 Å². The molecule has 4 unspecified atom stereocenters. The summed E-state index contributed by atoms with van der Waals surface area (Å²) in [6.45, 7) is 11.9. The molecule has 4 atom stereocenters. The Morgan fingerprint density at radius 2 is 1.67 bits per heavy atom. The second-order valence-electron chi connectivity index (χ2n) is 10.5. The van der Waals surface area contributed by atoms with Gasteiger partial charge in [0, 0.05) is 24.6 Å². The monoisotopic (exact) mass is 510 g/mol. The van der Waals surface area contributed by atoms with Gasteiger partial charge in [0.05, 0.1) is 36.8 Å². The number of aliphatic hydroxyl groups excluding tert-OH is 2. The maximum absolute atomic E-state index is 13.1. The van der Waals surface area contributed by atoms with Gasteiger partial charge in [0.25, 0.3) is 0 Å². The normalized spacial score (nSPS) is 22.5. The molecule has 1 fully saturated rings. The van der Waals surface area contributed by atoms with Gasteiger partial charge in [-0.2, -0.15) is 4.90 Å². The molecule has 1 aromatic heterocycles. The van der Waals surface area contributed by atoms with Crippen LogP contribution < -0.4 is 4.90 Å². The highest BCUT2D eigenvalue weighted by Crippen LogP contribution is 2.38. The van der Waals surface area contributed by atoms with Crippen LogP contribution in [0.15, 0.2) is 18.5 Å². The molecule has 2 heterocycles. The fourth-order valence-corrected chi connectivity index (χ4v) is 3.63. The highest BCUT2D eigenvalue weighted by Gasteiger charge is 2.41. The fraction of sp³-hybridized carbons (Fsp3) is 0.680. The minimum atomic E-state index is -1.23. The summed E-state index contributed by atoms with van der Waals surface area (Å²) in [5.41, 5.74) is -1.40. The first-order chi connectivity index (χ1) is 16.6. The Balaban J connectivity index is 2.42. The molecule has 0 bridgehead atoms. The number of pyridine rings is 1. The maximum atomic E-state index is 13.1. The van der Waals surface area contributed by atoms with E-state index in [9.17, 15) is 24.6 Å². The molecule has 1 saturated heterocycles. The second kappa shape index (κ2) is 12.0. The van der Waals surface area contributed by atoms with Crippen LogP contribution in [-0.2, 0) is 23.7 Å². The van der Waals surface area contributed by atoms with Gasteiger partial charge in [0.2, 0.25) is 0 Å². The van der Waals surface area contributed by atoms with Crippen LogP contribution in [0.25, 0.3) is 0 Å². The van der Waals surface area contributed by atoms with Crippen molar-refractivity contribution in [1.82, 2.24) is 4.98 Å². The van der Waals surface area contributed by atoms with Gasteiger partial charge in [-0.1, -0.05) is 0 Å². The number of aliphatic hydroxyl groups is 2. The van der Waals surface area contributed by atoms with Gasteiger partial charge in [0.15, 0.2) is 0 Å². The average Bonchev–Trinajstić information content (AvgIpc) is 2.73. The van der Waals surface area contributed by atoms with Crippen molar-refractivity contribution in [3.05, 3.63) is 24.0 Å². The van der Waals surface area contributed by atoms with Crippen molar-refractivity contribution in [2.75, 3.05) is 11.5 Å². The summed E-state index contributed by atoms with van der Waals surface area (Å²) in [4.78, 5) is 42.9. The molecular formula is C25H38N2O9. The quantitative estimate of drug-likeness (QED) is 0.430. The summed E-state index contributed by atoms with van der Waals surface area (Å²) in [6.07, 6.45) is -3.24. The number of carbonyl (C=O) groups is 3. The standard InChI is InChI=1S/C25H38N2O9/c1-8-33-20(29)10-9-18-21(30)17(28)13-19(34-18)15-11-12-26-14-16(15)27(22(31)35-24(2,3)4)23(32)36-25(5,6)7/h11-12,14,17-19,21,28,30H,8-10,13H2,1-7H3. The summed E-state index contributed by atoms with van der Waals surface area (Å²) < 4.78 is 21.9. The van der Waals surface area contributed by atoms with Gasteiger partial charge < -0.3 is 29.2 Å². The largest absolute Gasteiger partial charge is 0.466 e. The van der Waals surface area contributed by atoms with Gasteiger partial charge in [-0.3, -0.25) is 9.78 Å². The Morgan fingerprint density at radius 3 is 2.19 bits per heavy atom. The van der Waals surface area contributed by atoms with Crippen molar-refractivity contribution < 1.29 is 43.5 Å². The molecule has 0 spiro atoms. The highest BCUT2D eigenvalue weighted by molar-refractivity contribution is 6.10. The van der Waals surface area contributed by atoms with Crippen LogP contribution >= 0.6 is 0 Å². The second-order valence-corrected chi connectivity index (χ2v) is 10.5. The lowest BCUT2D eigenvalue weighted by Crippen LogP contribution is -2.47. The van der Waals surface area contributed by atoms with Crippen molar-refractivity contribution in [2.45, 2.75) is 103 Å². The molecule has 11 heteroatoms. The van der Waals surface area contributed by atoms with Gasteiger partial charge in [-0.15, -0.1) is 0 Å². The number of ether oxygens (including phenoxy) is 4. The van der Waals surface area contributed by atoms with E-state index >= 15 is 0 Å². The van der Waals surface area contributed by atoms with Crippen LogP contribution in [0.5, 0.6) is 0 Å². The third-order valence-electron chi connectivity index (χ3n) is 5.08. The molecular weight excluding hydrogens is 472 g/mol. The van der Waals surface area contributed by atoms with E-state index in [1.54, 1.807) is 54.5 Å². The van der Waals surface area contributed by atoms with E-state index in [0.29, 0.717) is 5.56 Å². The molecule has 36 heavy (non-hydrogen) atoms. The molecule has 2 amide bonds. The number of hydrogen-bond acceptors (Lipinski definition) is 10. The first-order valence-corrected chi connectivity index (χ1v) is 12.0. The van der Waals surface area contributed by atoms with Crippen molar-refractivity contribution >= 4 is 23.8 Å². The first-order valence-electron chi connectivity index (χ1n) is 12.0. The molecule has 202 valence electrons. The summed E-state index contributed by atoms with van der Waals surface area (Å²) >= 11 is 0. The topological polar surface area (TPSA) is 145 Å². The first kappa shape index (κ1) is 29.5. The molecule has 1 aliphatic heterocycles. The summed E-state index contributed by atoms with van der Waals surface area (Å²) in [7, 11) is 0. The van der Waals surface area contributed by atoms with Crippen LogP contribution in [0.3, 0.4) is 0 Å². The smallest absolute Gasteiger partial charge is 0.424 e. The molecule has 0 aromatic carbocycles. The van der Waals surface area contributed by atoms with Crippen LogP contribution in [0.1, 0.15) is 79.4 Å². The number of amides is 2. The lowest BCUT2D eigenvalue weighted by molar-refractivity contribution is -0.175. The molecule has 2 rings (SSSR count). The number of nitrogens with zero attached hydrogens (tertiary/aromatic N) is 2. The molecule has 0 radical (unpaired) electrons. The van der Waals surface area contributed by atoms with Crippen molar-refractivity contribution in [2.24, 2.45) is 0 Å². The highest BCUT2D eigenvalue weighted by atomic mass is 16.6. The summed E-state index contributed by atoms with van der Waals surface area (Å²) in [5.74, 6) is -0.449. The van der Waals surface area contributed by atoms with E-state index in [-0.39, 0.29) is 31.6 Å². The molecule has 2 N–H and O–H groups in total. The van der Waals surface area contributed by atoms with E-state index in [1.165, 1.54) is 12.4 Å². The average molecular weight is 511 g/mol. The summed E-state index contributed by atoms with van der Waals surface area (Å²) in [5, 5.41) is 21.0. The van der Waals surface area contributed by atoms with E-state index in [0.717, 1.165) is 4.90 Å². The summed E-state index contributed by atoms with van der Waals surface area (Å²) in [6, 6.07) is 1.55. The predicted molar refractivity (Wildman–Crippen MR) is 129 cm³/mol. The Morgan fingerprint density at radius 1 is 1.08 bits per heavy atom. The zero-order valence-electron chi connectivity index (χ0n) is 22.0. The van der Waals surface area contributed by atoms with Crippen LogP contribution in [-0.4, -0.2) is 69.5 Å². The van der Waals surface area contributed by atoms with E-state index in [4.69, 9.17) is 18.9 Å². The van der Waals surface area contributed by atoms with Crippen molar-refractivity contribution in [3.8, 4) is 0 Å². The van der Waals surface area contributed by atoms with Crippen LogP contribution in [0.2, 0.25) is 0 Å². The van der Waals surface area contributed by atoms with Gasteiger partial charge in [-0.05, 0) is 61.0 Å². The Kier molecular flexibility index (Phi) is 9.81. The zero-order chi connectivity index (χ0) is 27.3. The molecule has 0 aliphatic carbocycles. The molecule has 11 nitrogen and oxygen atoms in total. The number of anilines is 1. The Bertz CT molecular complexity index is 895. The number of rotatable bonds is 6. The maximum Gasteiger partial charge on any atom is 0.424 e. The van der Waals surface area contributed by atoms with E-state index < -0.39 is 53.8 Å².